The van der Waals surface area contributed by atoms with E-state index in [0.717, 1.165) is 21.7 Å². The summed E-state index contributed by atoms with van der Waals surface area (Å²) in [6, 6.07) is 11.9. The molecule has 1 aromatic carbocycles. The van der Waals surface area contributed by atoms with Gasteiger partial charge in [-0.2, -0.15) is 5.26 Å². The van der Waals surface area contributed by atoms with E-state index in [4.69, 9.17) is 17.3 Å². The van der Waals surface area contributed by atoms with Crippen LogP contribution in [-0.4, -0.2) is 52.5 Å². The number of aryl methyl sites for hydroxylation is 1. The van der Waals surface area contributed by atoms with Gasteiger partial charge >= 0.3 is 6.03 Å². The fraction of sp³-hybridized carbons (Fsp3) is 0.227. The third-order valence-corrected chi connectivity index (χ3v) is 6.31. The normalized spacial score (nSPS) is 15.7. The fourth-order valence-corrected chi connectivity index (χ4v) is 4.77. The largest absolute Gasteiger partial charge is 0.368 e. The number of benzene rings is 1. The van der Waals surface area contributed by atoms with Crippen molar-refractivity contribution in [1.82, 2.24) is 20.2 Å². The molecule has 1 atom stereocenters. The molecule has 1 aliphatic heterocycles. The molecule has 3 aromatic rings. The quantitative estimate of drug-likeness (QED) is 0.490. The Morgan fingerprint density at radius 1 is 1.30 bits per heavy atom. The molecule has 0 aliphatic carbocycles. The Balaban J connectivity index is 1.69. The zero-order valence-corrected chi connectivity index (χ0v) is 19.2. The molecular formula is C22H20ClN7O2S. The Kier molecular flexibility index (Phi) is 6.55. The van der Waals surface area contributed by atoms with E-state index < -0.39 is 11.9 Å². The van der Waals surface area contributed by atoms with Crippen LogP contribution in [0.5, 0.6) is 0 Å². The predicted octanol–water partition coefficient (Wildman–Crippen LogP) is 3.00. The van der Waals surface area contributed by atoms with Crippen LogP contribution in [0.1, 0.15) is 11.3 Å². The van der Waals surface area contributed by atoms with E-state index in [2.05, 4.69) is 26.7 Å². The van der Waals surface area contributed by atoms with Gasteiger partial charge in [0.05, 0.1) is 22.2 Å². The number of halogens is 1. The number of nitrogens with zero attached hydrogens (tertiary/aromatic N) is 4. The molecule has 4 N–H and O–H groups in total. The summed E-state index contributed by atoms with van der Waals surface area (Å²) in [6.45, 7) is 2.92. The van der Waals surface area contributed by atoms with Crippen LogP contribution in [0.15, 0.2) is 36.4 Å². The number of rotatable bonds is 4. The smallest absolute Gasteiger partial charge is 0.323 e. The first-order valence-electron chi connectivity index (χ1n) is 10.1. The number of carbonyl (C=O) groups is 2. The second-order valence-corrected chi connectivity index (χ2v) is 8.88. The molecule has 0 unspecified atom stereocenters. The number of amides is 3. The van der Waals surface area contributed by atoms with Crippen molar-refractivity contribution in [1.29, 1.82) is 5.26 Å². The van der Waals surface area contributed by atoms with Crippen molar-refractivity contribution in [3.63, 3.8) is 0 Å². The first kappa shape index (κ1) is 22.7. The van der Waals surface area contributed by atoms with Gasteiger partial charge in [0, 0.05) is 30.9 Å². The number of primary amides is 1. The third-order valence-electron chi connectivity index (χ3n) is 5.10. The Morgan fingerprint density at radius 2 is 2.12 bits per heavy atom. The van der Waals surface area contributed by atoms with Crippen molar-refractivity contribution >= 4 is 40.0 Å². The Labute approximate surface area is 199 Å². The van der Waals surface area contributed by atoms with Gasteiger partial charge in [-0.1, -0.05) is 35.1 Å². The number of carbonyl (C=O) groups excluding carboxylic acids is 2. The molecule has 0 spiro atoms. The average molecular weight is 482 g/mol. The molecular weight excluding hydrogens is 462 g/mol. The maximum absolute atomic E-state index is 12.9. The number of aromatic nitrogens is 2. The highest BCUT2D eigenvalue weighted by Gasteiger charge is 2.27. The molecule has 3 amide bonds. The van der Waals surface area contributed by atoms with Gasteiger partial charge in [-0.05, 0) is 36.8 Å². The van der Waals surface area contributed by atoms with Crippen molar-refractivity contribution in [2.24, 2.45) is 5.73 Å². The van der Waals surface area contributed by atoms with Crippen molar-refractivity contribution in [2.45, 2.75) is 13.0 Å². The van der Waals surface area contributed by atoms with Gasteiger partial charge in [0.1, 0.15) is 11.2 Å². The van der Waals surface area contributed by atoms with E-state index in [-0.39, 0.29) is 12.6 Å². The maximum atomic E-state index is 12.9. The predicted molar refractivity (Wildman–Crippen MR) is 127 cm³/mol. The number of nitrogens with one attached hydrogen (secondary N) is 2. The maximum Gasteiger partial charge on any atom is 0.323 e. The topological polar surface area (TPSA) is 137 Å². The number of nitrogens with two attached hydrogens (primary N) is 1. The number of thiazole rings is 1. The van der Waals surface area contributed by atoms with Crippen LogP contribution >= 0.6 is 22.9 Å². The van der Waals surface area contributed by atoms with E-state index in [9.17, 15) is 14.9 Å². The number of pyridine rings is 1. The summed E-state index contributed by atoms with van der Waals surface area (Å²) >= 11 is 7.48. The van der Waals surface area contributed by atoms with E-state index in [0.29, 0.717) is 34.6 Å². The average Bonchev–Trinajstić information content (AvgIpc) is 3.22. The van der Waals surface area contributed by atoms with Gasteiger partial charge in [0.2, 0.25) is 5.91 Å². The molecule has 1 fully saturated rings. The zero-order valence-electron chi connectivity index (χ0n) is 17.6. The highest BCUT2D eigenvalue weighted by Crippen LogP contribution is 2.40. The van der Waals surface area contributed by atoms with Gasteiger partial charge in [0.25, 0.3) is 0 Å². The van der Waals surface area contributed by atoms with E-state index >= 15 is 0 Å². The molecule has 1 aliphatic rings. The van der Waals surface area contributed by atoms with Crippen molar-refractivity contribution in [2.75, 3.05) is 25.0 Å². The highest BCUT2D eigenvalue weighted by molar-refractivity contribution is 7.19. The number of hydrogen-bond donors (Lipinski definition) is 3. The summed E-state index contributed by atoms with van der Waals surface area (Å²) in [5.41, 5.74) is 8.77. The summed E-state index contributed by atoms with van der Waals surface area (Å²) in [4.78, 5) is 35.5. The van der Waals surface area contributed by atoms with Gasteiger partial charge < -0.3 is 16.0 Å². The number of hydrogen-bond acceptors (Lipinski definition) is 7. The molecule has 4 rings (SSSR count). The minimum atomic E-state index is -0.595. The summed E-state index contributed by atoms with van der Waals surface area (Å²) < 4.78 is 0. The van der Waals surface area contributed by atoms with Crippen LogP contribution in [0.3, 0.4) is 0 Å². The van der Waals surface area contributed by atoms with E-state index in [1.54, 1.807) is 24.3 Å². The molecule has 168 valence electrons. The van der Waals surface area contributed by atoms with Crippen LogP contribution in [0.25, 0.3) is 21.7 Å². The third kappa shape index (κ3) is 5.12. The van der Waals surface area contributed by atoms with Crippen molar-refractivity contribution < 1.29 is 9.59 Å². The van der Waals surface area contributed by atoms with E-state index in [1.165, 1.54) is 16.2 Å². The SMILES string of the molecule is Cc1cc(-c2sc(NC(=O)N3CCN[C@@H](C(N)=O)C3)nc2-c2cccc(C#N)c2)cc(Cl)n1. The van der Waals surface area contributed by atoms with Gasteiger partial charge in [-0.25, -0.2) is 14.8 Å². The molecule has 33 heavy (non-hydrogen) atoms. The van der Waals surface area contributed by atoms with E-state index in [1.807, 2.05) is 19.1 Å². The summed E-state index contributed by atoms with van der Waals surface area (Å²) in [5, 5.41) is 15.9. The van der Waals surface area contributed by atoms with Crippen molar-refractivity contribution in [3.05, 3.63) is 52.8 Å². The number of urea groups is 1. The Morgan fingerprint density at radius 3 is 2.85 bits per heavy atom. The second-order valence-electron chi connectivity index (χ2n) is 7.49. The molecule has 11 heteroatoms. The fourth-order valence-electron chi connectivity index (χ4n) is 3.56. The van der Waals surface area contributed by atoms with Gasteiger partial charge in [-0.3, -0.25) is 10.1 Å². The molecule has 1 saturated heterocycles. The number of nitriles is 1. The van der Waals surface area contributed by atoms with Gasteiger partial charge in [0.15, 0.2) is 5.13 Å². The number of piperazine rings is 1. The first-order valence-corrected chi connectivity index (χ1v) is 11.3. The highest BCUT2D eigenvalue weighted by atomic mass is 35.5. The first-order chi connectivity index (χ1) is 15.8. The Bertz CT molecular complexity index is 1250. The van der Waals surface area contributed by atoms with Gasteiger partial charge in [-0.15, -0.1) is 0 Å². The van der Waals surface area contributed by atoms with Crippen LogP contribution < -0.4 is 16.4 Å². The summed E-state index contributed by atoms with van der Waals surface area (Å²) in [7, 11) is 0. The minimum Gasteiger partial charge on any atom is -0.368 e. The molecule has 0 bridgehead atoms. The van der Waals surface area contributed by atoms with Crippen LogP contribution in [-0.2, 0) is 4.79 Å². The standard InChI is InChI=1S/C22H20ClN7O2S/c1-12-7-15(9-17(23)27-12)19-18(14-4-2-3-13(8-14)10-24)28-21(33-19)29-22(32)30-6-5-26-16(11-30)20(25)31/h2-4,7-9,16,26H,5-6,11H2,1H3,(H2,25,31)(H,28,29,32)/t16-/m1/s1. The van der Waals surface area contributed by atoms with Crippen LogP contribution in [0.2, 0.25) is 5.15 Å². The molecule has 0 radical (unpaired) electrons. The molecule has 0 saturated carbocycles. The molecule has 3 heterocycles. The second kappa shape index (κ2) is 9.54. The Hall–Kier alpha value is -3.52. The lowest BCUT2D eigenvalue weighted by molar-refractivity contribution is -0.120. The number of anilines is 1. The lowest BCUT2D eigenvalue weighted by Crippen LogP contribution is -2.58. The summed E-state index contributed by atoms with van der Waals surface area (Å²) in [6.07, 6.45) is 0. The molecule has 9 nitrogen and oxygen atoms in total. The molecule has 2 aromatic heterocycles. The zero-order chi connectivity index (χ0) is 23.5. The summed E-state index contributed by atoms with van der Waals surface area (Å²) in [5.74, 6) is -0.506. The van der Waals surface area contributed by atoms with Crippen molar-refractivity contribution in [3.8, 4) is 27.8 Å². The lowest BCUT2D eigenvalue weighted by Gasteiger charge is -2.31. The lowest BCUT2D eigenvalue weighted by atomic mass is 10.1. The minimum absolute atomic E-state index is 0.176. The van der Waals surface area contributed by atoms with Crippen LogP contribution in [0, 0.1) is 18.3 Å². The van der Waals surface area contributed by atoms with Crippen LogP contribution in [0.4, 0.5) is 9.93 Å². The monoisotopic (exact) mass is 481 g/mol.